The van der Waals surface area contributed by atoms with E-state index in [2.05, 4.69) is 40.6 Å². The molecule has 5 heteroatoms. The Labute approximate surface area is 124 Å². The number of hydrogen-bond donors (Lipinski definition) is 1. The fourth-order valence-electron chi connectivity index (χ4n) is 2.15. The molecule has 0 aliphatic carbocycles. The van der Waals surface area contributed by atoms with Crippen molar-refractivity contribution in [1.82, 2.24) is 15.2 Å². The summed E-state index contributed by atoms with van der Waals surface area (Å²) in [4.78, 5) is 6.77. The smallest absolute Gasteiger partial charge is 0.122 e. The first kappa shape index (κ1) is 15.2. The van der Waals surface area contributed by atoms with Gasteiger partial charge >= 0.3 is 0 Å². The quantitative estimate of drug-likeness (QED) is 0.759. The minimum absolute atomic E-state index is 0.805. The Balaban J connectivity index is 1.87. The van der Waals surface area contributed by atoms with Crippen LogP contribution < -0.4 is 5.32 Å². The van der Waals surface area contributed by atoms with Crippen molar-refractivity contribution < 1.29 is 4.42 Å². The van der Waals surface area contributed by atoms with Crippen molar-refractivity contribution in [2.75, 3.05) is 13.6 Å². The van der Waals surface area contributed by atoms with E-state index in [0.717, 1.165) is 49.1 Å². The molecule has 2 aromatic rings. The van der Waals surface area contributed by atoms with Crippen molar-refractivity contribution in [3.63, 3.8) is 0 Å². The lowest BCUT2D eigenvalue weighted by Crippen LogP contribution is -2.19. The molecule has 4 nitrogen and oxygen atoms in total. The maximum absolute atomic E-state index is 5.56. The molecular weight excluding hydrogens is 270 g/mol. The third-order valence-electron chi connectivity index (χ3n) is 3.09. The Morgan fingerprint density at radius 2 is 2.25 bits per heavy atom. The molecule has 0 saturated heterocycles. The summed E-state index contributed by atoms with van der Waals surface area (Å²) >= 11 is 1.70. The van der Waals surface area contributed by atoms with Gasteiger partial charge in [-0.25, -0.2) is 4.98 Å². The molecule has 110 valence electrons. The van der Waals surface area contributed by atoms with Crippen molar-refractivity contribution >= 4 is 11.3 Å². The molecule has 1 N–H and O–H groups in total. The van der Waals surface area contributed by atoms with Crippen LogP contribution in [-0.2, 0) is 19.6 Å². The van der Waals surface area contributed by atoms with Crippen LogP contribution in [0.15, 0.2) is 22.1 Å². The summed E-state index contributed by atoms with van der Waals surface area (Å²) in [5, 5.41) is 6.64. The maximum atomic E-state index is 5.56. The molecule has 20 heavy (non-hydrogen) atoms. The van der Waals surface area contributed by atoms with Crippen LogP contribution in [0.1, 0.15) is 35.4 Å². The van der Waals surface area contributed by atoms with E-state index in [-0.39, 0.29) is 0 Å². The van der Waals surface area contributed by atoms with Crippen LogP contribution in [0.2, 0.25) is 0 Å². The standard InChI is InChI=1S/C15H23N3OS/c1-4-6-16-8-15-13(5-7-19-15)9-18(3)10-14-11-20-12(2)17-14/h5,7,11,16H,4,6,8-10H2,1-3H3. The lowest BCUT2D eigenvalue weighted by Gasteiger charge is -2.15. The molecule has 0 fully saturated rings. The minimum Gasteiger partial charge on any atom is -0.468 e. The summed E-state index contributed by atoms with van der Waals surface area (Å²) in [7, 11) is 2.12. The van der Waals surface area contributed by atoms with Crippen molar-refractivity contribution in [3.8, 4) is 0 Å². The minimum atomic E-state index is 0.805. The third-order valence-corrected chi connectivity index (χ3v) is 3.91. The van der Waals surface area contributed by atoms with Crippen LogP contribution in [0, 0.1) is 6.92 Å². The van der Waals surface area contributed by atoms with E-state index < -0.39 is 0 Å². The highest BCUT2D eigenvalue weighted by molar-refractivity contribution is 7.09. The Bertz CT molecular complexity index is 521. The zero-order valence-electron chi connectivity index (χ0n) is 12.5. The molecule has 0 saturated carbocycles. The van der Waals surface area contributed by atoms with E-state index in [9.17, 15) is 0 Å². The molecule has 0 amide bonds. The summed E-state index contributed by atoms with van der Waals surface area (Å²) in [6, 6.07) is 2.06. The molecule has 0 bridgehead atoms. The fourth-order valence-corrected chi connectivity index (χ4v) is 2.75. The summed E-state index contributed by atoms with van der Waals surface area (Å²) in [6.45, 7) is 7.79. The Morgan fingerprint density at radius 1 is 1.40 bits per heavy atom. The van der Waals surface area contributed by atoms with E-state index in [1.165, 1.54) is 5.56 Å². The van der Waals surface area contributed by atoms with Crippen LogP contribution in [0.5, 0.6) is 0 Å². The summed E-state index contributed by atoms with van der Waals surface area (Å²) < 4.78 is 5.56. The lowest BCUT2D eigenvalue weighted by atomic mass is 10.2. The maximum Gasteiger partial charge on any atom is 0.122 e. The van der Waals surface area contributed by atoms with Crippen molar-refractivity contribution in [3.05, 3.63) is 39.7 Å². The summed E-state index contributed by atoms with van der Waals surface area (Å²) in [5.41, 5.74) is 2.40. The number of hydrogen-bond acceptors (Lipinski definition) is 5. The van der Waals surface area contributed by atoms with Crippen LogP contribution in [0.25, 0.3) is 0 Å². The molecule has 0 radical (unpaired) electrons. The molecule has 0 atom stereocenters. The second-order valence-corrected chi connectivity index (χ2v) is 6.14. The topological polar surface area (TPSA) is 41.3 Å². The second-order valence-electron chi connectivity index (χ2n) is 5.08. The van der Waals surface area contributed by atoms with Crippen LogP contribution >= 0.6 is 11.3 Å². The first-order valence-electron chi connectivity index (χ1n) is 7.04. The fraction of sp³-hybridized carbons (Fsp3) is 0.533. The number of rotatable bonds is 8. The highest BCUT2D eigenvalue weighted by atomic mass is 32.1. The van der Waals surface area contributed by atoms with Crippen molar-refractivity contribution in [2.24, 2.45) is 0 Å². The van der Waals surface area contributed by atoms with Gasteiger partial charge in [0.2, 0.25) is 0 Å². The van der Waals surface area contributed by atoms with E-state index in [1.54, 1.807) is 17.6 Å². The zero-order valence-corrected chi connectivity index (χ0v) is 13.3. The molecule has 0 aromatic carbocycles. The van der Waals surface area contributed by atoms with E-state index >= 15 is 0 Å². The van der Waals surface area contributed by atoms with Crippen molar-refractivity contribution in [1.29, 1.82) is 0 Å². The monoisotopic (exact) mass is 293 g/mol. The van der Waals surface area contributed by atoms with Gasteiger partial charge in [-0.05, 0) is 33.0 Å². The van der Waals surface area contributed by atoms with Crippen LogP contribution in [0.4, 0.5) is 0 Å². The number of furan rings is 1. The first-order valence-corrected chi connectivity index (χ1v) is 7.92. The van der Waals surface area contributed by atoms with Gasteiger partial charge in [0.25, 0.3) is 0 Å². The van der Waals surface area contributed by atoms with Gasteiger partial charge in [0.1, 0.15) is 5.76 Å². The highest BCUT2D eigenvalue weighted by Gasteiger charge is 2.10. The predicted octanol–water partition coefficient (Wildman–Crippen LogP) is 3.18. The van der Waals surface area contributed by atoms with E-state index in [4.69, 9.17) is 4.42 Å². The SMILES string of the molecule is CCCNCc1occc1CN(C)Cc1csc(C)n1. The third kappa shape index (κ3) is 4.44. The summed E-state index contributed by atoms with van der Waals surface area (Å²) in [5.74, 6) is 1.04. The Kier molecular flexibility index (Phi) is 5.76. The molecule has 0 aliphatic rings. The van der Waals surface area contributed by atoms with E-state index in [0.29, 0.717) is 0 Å². The molecule has 2 rings (SSSR count). The number of aromatic nitrogens is 1. The average molecular weight is 293 g/mol. The summed E-state index contributed by atoms with van der Waals surface area (Å²) in [6.07, 6.45) is 2.91. The first-order chi connectivity index (χ1) is 9.69. The molecular formula is C15H23N3OS. The number of aryl methyl sites for hydroxylation is 1. The van der Waals surface area contributed by atoms with Gasteiger partial charge in [0.05, 0.1) is 23.5 Å². The highest BCUT2D eigenvalue weighted by Crippen LogP contribution is 2.15. The van der Waals surface area contributed by atoms with Gasteiger partial charge in [-0.3, -0.25) is 4.90 Å². The molecule has 0 spiro atoms. The lowest BCUT2D eigenvalue weighted by molar-refractivity contribution is 0.311. The molecule has 2 aromatic heterocycles. The molecule has 0 unspecified atom stereocenters. The number of thiazole rings is 1. The molecule has 0 aliphatic heterocycles. The second kappa shape index (κ2) is 7.57. The largest absolute Gasteiger partial charge is 0.468 e. The number of nitrogens with one attached hydrogen (secondary N) is 1. The Hall–Kier alpha value is -1.17. The van der Waals surface area contributed by atoms with Crippen LogP contribution in [0.3, 0.4) is 0 Å². The van der Waals surface area contributed by atoms with Crippen molar-refractivity contribution in [2.45, 2.75) is 39.9 Å². The van der Waals surface area contributed by atoms with Gasteiger partial charge in [-0.15, -0.1) is 11.3 Å². The van der Waals surface area contributed by atoms with Gasteiger partial charge in [-0.2, -0.15) is 0 Å². The average Bonchev–Trinajstić information content (AvgIpc) is 3.00. The zero-order chi connectivity index (χ0) is 14.4. The van der Waals surface area contributed by atoms with Gasteiger partial charge in [-0.1, -0.05) is 6.92 Å². The Morgan fingerprint density at radius 3 is 2.95 bits per heavy atom. The normalized spacial score (nSPS) is 11.4. The van der Waals surface area contributed by atoms with Crippen LogP contribution in [-0.4, -0.2) is 23.5 Å². The van der Waals surface area contributed by atoms with Gasteiger partial charge < -0.3 is 9.73 Å². The number of nitrogens with zero attached hydrogens (tertiary/aromatic N) is 2. The van der Waals surface area contributed by atoms with Gasteiger partial charge in [0, 0.05) is 24.0 Å². The van der Waals surface area contributed by atoms with Gasteiger partial charge in [0.15, 0.2) is 0 Å². The molecule has 2 heterocycles. The van der Waals surface area contributed by atoms with E-state index in [1.807, 2.05) is 6.92 Å². The predicted molar refractivity (Wildman–Crippen MR) is 82.7 cm³/mol.